The third-order valence-electron chi connectivity index (χ3n) is 3.77. The zero-order valence-corrected chi connectivity index (χ0v) is 13.8. The van der Waals surface area contributed by atoms with Crippen LogP contribution in [0.2, 0.25) is 0 Å². The van der Waals surface area contributed by atoms with Crippen LogP contribution in [0.25, 0.3) is 0 Å². The average Bonchev–Trinajstić information content (AvgIpc) is 2.61. The topological polar surface area (TPSA) is 107 Å². The second kappa shape index (κ2) is 7.52. The first-order valence-electron chi connectivity index (χ1n) is 7.59. The zero-order chi connectivity index (χ0) is 18.6. The van der Waals surface area contributed by atoms with Gasteiger partial charge in [-0.1, -0.05) is 31.2 Å². The van der Waals surface area contributed by atoms with E-state index in [9.17, 15) is 25.0 Å². The van der Waals surface area contributed by atoms with Gasteiger partial charge in [-0.15, -0.1) is 0 Å². The molecule has 0 aliphatic carbocycles. The summed E-state index contributed by atoms with van der Waals surface area (Å²) in [5.74, 6) is -0.522. The van der Waals surface area contributed by atoms with E-state index in [0.29, 0.717) is 6.54 Å². The third kappa shape index (κ3) is 4.37. The van der Waals surface area contributed by atoms with Crippen molar-refractivity contribution in [1.29, 1.82) is 0 Å². The Kier molecular flexibility index (Phi) is 5.43. The molecule has 0 aromatic heterocycles. The molecule has 0 unspecified atom stereocenters. The van der Waals surface area contributed by atoms with Crippen molar-refractivity contribution >= 4 is 17.3 Å². The first-order valence-corrected chi connectivity index (χ1v) is 7.59. The van der Waals surface area contributed by atoms with Gasteiger partial charge in [0.25, 0.3) is 17.3 Å². The van der Waals surface area contributed by atoms with Gasteiger partial charge in [0.15, 0.2) is 0 Å². The Balaban J connectivity index is 2.25. The van der Waals surface area contributed by atoms with E-state index < -0.39 is 27.1 Å². The molecule has 0 spiro atoms. The molecule has 130 valence electrons. The number of carbonyl (C=O) groups is 1. The van der Waals surface area contributed by atoms with Gasteiger partial charge in [-0.05, 0) is 17.5 Å². The SMILES string of the molecule is CCc1ccc(CN(C)C(=O)c2cc([N+](=O)[O-])cc([N+](=O)[O-])c2)cc1. The van der Waals surface area contributed by atoms with Crippen LogP contribution in [0.4, 0.5) is 11.4 Å². The van der Waals surface area contributed by atoms with Crippen LogP contribution in [0.15, 0.2) is 42.5 Å². The lowest BCUT2D eigenvalue weighted by Crippen LogP contribution is -2.26. The van der Waals surface area contributed by atoms with E-state index >= 15 is 0 Å². The predicted octanol–water partition coefficient (Wildman–Crippen LogP) is 3.34. The second-order valence-corrected chi connectivity index (χ2v) is 5.58. The van der Waals surface area contributed by atoms with Crippen molar-refractivity contribution in [3.8, 4) is 0 Å². The van der Waals surface area contributed by atoms with Gasteiger partial charge in [-0.3, -0.25) is 25.0 Å². The van der Waals surface area contributed by atoms with Gasteiger partial charge in [0.05, 0.1) is 21.5 Å². The Bertz CT molecular complexity index is 785. The number of aryl methyl sites for hydroxylation is 1. The molecule has 8 nitrogen and oxygen atoms in total. The number of nitro groups is 2. The molecule has 2 aromatic carbocycles. The van der Waals surface area contributed by atoms with Crippen LogP contribution in [0.1, 0.15) is 28.4 Å². The molecule has 8 heteroatoms. The van der Waals surface area contributed by atoms with Crippen molar-refractivity contribution in [2.45, 2.75) is 19.9 Å². The number of benzene rings is 2. The van der Waals surface area contributed by atoms with E-state index in [-0.39, 0.29) is 5.56 Å². The van der Waals surface area contributed by atoms with Crippen LogP contribution in [-0.4, -0.2) is 27.7 Å². The van der Waals surface area contributed by atoms with Gasteiger partial charge >= 0.3 is 0 Å². The molecule has 2 rings (SSSR count). The number of hydrogen-bond acceptors (Lipinski definition) is 5. The van der Waals surface area contributed by atoms with Crippen molar-refractivity contribution in [2.24, 2.45) is 0 Å². The number of amides is 1. The average molecular weight is 343 g/mol. The number of non-ortho nitro benzene ring substituents is 2. The number of rotatable bonds is 6. The van der Waals surface area contributed by atoms with Crippen LogP contribution in [0.3, 0.4) is 0 Å². The summed E-state index contributed by atoms with van der Waals surface area (Å²) in [5, 5.41) is 21.9. The third-order valence-corrected chi connectivity index (χ3v) is 3.77. The van der Waals surface area contributed by atoms with Gasteiger partial charge in [0.1, 0.15) is 0 Å². The van der Waals surface area contributed by atoms with E-state index in [4.69, 9.17) is 0 Å². The predicted molar refractivity (Wildman–Crippen MR) is 91.4 cm³/mol. The Morgan fingerprint density at radius 3 is 1.88 bits per heavy atom. The first-order chi connectivity index (χ1) is 11.8. The van der Waals surface area contributed by atoms with Gasteiger partial charge in [-0.25, -0.2) is 0 Å². The summed E-state index contributed by atoms with van der Waals surface area (Å²) < 4.78 is 0. The van der Waals surface area contributed by atoms with Gasteiger partial charge < -0.3 is 4.90 Å². The van der Waals surface area contributed by atoms with E-state index in [2.05, 4.69) is 0 Å². The Hall–Kier alpha value is -3.29. The fraction of sp³-hybridized carbons (Fsp3) is 0.235. The van der Waals surface area contributed by atoms with Crippen LogP contribution in [0, 0.1) is 20.2 Å². The number of nitrogens with zero attached hydrogens (tertiary/aromatic N) is 3. The van der Waals surface area contributed by atoms with E-state index in [0.717, 1.165) is 30.2 Å². The summed E-state index contributed by atoms with van der Waals surface area (Å²) in [5.41, 5.74) is 1.00. The molecular weight excluding hydrogens is 326 g/mol. The Labute approximate surface area is 144 Å². The van der Waals surface area contributed by atoms with Crippen molar-refractivity contribution in [2.75, 3.05) is 7.05 Å². The number of carbonyl (C=O) groups excluding carboxylic acids is 1. The summed E-state index contributed by atoms with van der Waals surface area (Å²) in [6.45, 7) is 2.33. The first kappa shape index (κ1) is 18.1. The maximum atomic E-state index is 12.5. The molecule has 0 aliphatic rings. The Morgan fingerprint density at radius 2 is 1.44 bits per heavy atom. The molecule has 0 saturated heterocycles. The highest BCUT2D eigenvalue weighted by Crippen LogP contribution is 2.23. The molecule has 0 saturated carbocycles. The van der Waals surface area contributed by atoms with Crippen molar-refractivity contribution in [3.05, 3.63) is 79.4 Å². The largest absolute Gasteiger partial charge is 0.337 e. The van der Waals surface area contributed by atoms with Crippen LogP contribution in [0.5, 0.6) is 0 Å². The molecule has 25 heavy (non-hydrogen) atoms. The van der Waals surface area contributed by atoms with E-state index in [1.807, 2.05) is 31.2 Å². The molecular formula is C17H17N3O5. The van der Waals surface area contributed by atoms with Gasteiger partial charge in [0, 0.05) is 25.7 Å². The summed E-state index contributed by atoms with van der Waals surface area (Å²) in [6, 6.07) is 10.7. The molecule has 2 aromatic rings. The second-order valence-electron chi connectivity index (χ2n) is 5.58. The lowest BCUT2D eigenvalue weighted by Gasteiger charge is -2.17. The van der Waals surface area contributed by atoms with Crippen LogP contribution < -0.4 is 0 Å². The normalized spacial score (nSPS) is 10.3. The van der Waals surface area contributed by atoms with Crippen molar-refractivity contribution < 1.29 is 14.6 Å². The Morgan fingerprint density at radius 1 is 0.960 bits per heavy atom. The molecule has 0 N–H and O–H groups in total. The summed E-state index contributed by atoms with van der Waals surface area (Å²) in [4.78, 5) is 34.2. The molecule has 1 amide bonds. The molecule has 0 fully saturated rings. The zero-order valence-electron chi connectivity index (χ0n) is 13.8. The van der Waals surface area contributed by atoms with Crippen molar-refractivity contribution in [3.63, 3.8) is 0 Å². The van der Waals surface area contributed by atoms with Crippen molar-refractivity contribution in [1.82, 2.24) is 4.90 Å². The maximum absolute atomic E-state index is 12.5. The molecule has 0 bridgehead atoms. The van der Waals surface area contributed by atoms with Crippen LogP contribution in [-0.2, 0) is 13.0 Å². The van der Waals surface area contributed by atoms with Gasteiger partial charge in [0.2, 0.25) is 0 Å². The van der Waals surface area contributed by atoms with Crippen LogP contribution >= 0.6 is 0 Å². The minimum Gasteiger partial charge on any atom is -0.337 e. The quantitative estimate of drug-likeness (QED) is 0.590. The molecule has 0 heterocycles. The lowest BCUT2D eigenvalue weighted by molar-refractivity contribution is -0.394. The lowest BCUT2D eigenvalue weighted by atomic mass is 10.1. The fourth-order valence-corrected chi connectivity index (χ4v) is 2.38. The molecule has 0 atom stereocenters. The fourth-order valence-electron chi connectivity index (χ4n) is 2.38. The minimum absolute atomic E-state index is 0.0893. The summed E-state index contributed by atoms with van der Waals surface area (Å²) in [6.07, 6.45) is 0.909. The van der Waals surface area contributed by atoms with E-state index in [1.165, 1.54) is 10.5 Å². The smallest absolute Gasteiger partial charge is 0.277 e. The van der Waals surface area contributed by atoms with Gasteiger partial charge in [-0.2, -0.15) is 0 Å². The highest BCUT2D eigenvalue weighted by molar-refractivity contribution is 5.95. The molecule has 0 aliphatic heterocycles. The van der Waals surface area contributed by atoms with E-state index in [1.54, 1.807) is 7.05 Å². The summed E-state index contributed by atoms with van der Waals surface area (Å²) in [7, 11) is 1.54. The standard InChI is InChI=1S/C17H17N3O5/c1-3-12-4-6-13(7-5-12)11-18(2)17(21)14-8-15(19(22)23)10-16(9-14)20(24)25/h4-10H,3,11H2,1-2H3. The minimum atomic E-state index is -0.757. The monoisotopic (exact) mass is 343 g/mol. The summed E-state index contributed by atoms with van der Waals surface area (Å²) >= 11 is 0. The molecule has 0 radical (unpaired) electrons. The maximum Gasteiger partial charge on any atom is 0.277 e. The highest BCUT2D eigenvalue weighted by Gasteiger charge is 2.21. The highest BCUT2D eigenvalue weighted by atomic mass is 16.6. The number of nitro benzene ring substituents is 2. The number of hydrogen-bond donors (Lipinski definition) is 0.